The van der Waals surface area contributed by atoms with Crippen LogP contribution in [0.3, 0.4) is 0 Å². The number of rotatable bonds is 4. The van der Waals surface area contributed by atoms with Gasteiger partial charge in [-0.2, -0.15) is 0 Å². The first-order valence-electron chi connectivity index (χ1n) is 5.52. The molecule has 0 aromatic rings. The summed E-state index contributed by atoms with van der Waals surface area (Å²) in [4.78, 5) is 0. The number of ether oxygens (including phenoxy) is 1. The molecule has 13 heavy (non-hydrogen) atoms. The maximum absolute atomic E-state index is 5.81. The van der Waals surface area contributed by atoms with Gasteiger partial charge in [0.05, 0.1) is 6.10 Å². The average Bonchev–Trinajstić information content (AvgIpc) is 2.15. The largest absolute Gasteiger partial charge is 0.378 e. The van der Waals surface area contributed by atoms with Gasteiger partial charge in [0.2, 0.25) is 0 Å². The van der Waals surface area contributed by atoms with Gasteiger partial charge in [-0.1, -0.05) is 13.8 Å². The van der Waals surface area contributed by atoms with Gasteiger partial charge in [-0.3, -0.25) is 0 Å². The predicted octanol–water partition coefficient (Wildman–Crippen LogP) is 2.05. The fourth-order valence-corrected chi connectivity index (χ4v) is 2.14. The van der Waals surface area contributed by atoms with Crippen LogP contribution in [0.1, 0.15) is 33.1 Å². The van der Waals surface area contributed by atoms with Crippen LogP contribution in [0.2, 0.25) is 0 Å². The maximum atomic E-state index is 5.81. The van der Waals surface area contributed by atoms with Crippen LogP contribution >= 0.6 is 0 Å². The monoisotopic (exact) mass is 185 g/mol. The normalized spacial score (nSPS) is 26.3. The molecule has 1 fully saturated rings. The molecule has 0 aromatic heterocycles. The van der Waals surface area contributed by atoms with Crippen molar-refractivity contribution < 1.29 is 4.74 Å². The van der Waals surface area contributed by atoms with Crippen molar-refractivity contribution in [3.8, 4) is 0 Å². The van der Waals surface area contributed by atoms with Crippen molar-refractivity contribution in [2.24, 2.45) is 11.8 Å². The zero-order chi connectivity index (χ0) is 9.68. The Morgan fingerprint density at radius 2 is 2.15 bits per heavy atom. The van der Waals surface area contributed by atoms with E-state index in [1.165, 1.54) is 19.3 Å². The summed E-state index contributed by atoms with van der Waals surface area (Å²) < 4.78 is 5.81. The minimum Gasteiger partial charge on any atom is -0.378 e. The molecule has 0 spiro atoms. The average molecular weight is 185 g/mol. The standard InChI is InChI=1S/C11H23NO/c1-9(2)10(8-12-3)11-6-4-5-7-13-11/h9-12H,4-8H2,1-3H3. The van der Waals surface area contributed by atoms with Crippen LogP contribution in [-0.2, 0) is 4.74 Å². The minimum absolute atomic E-state index is 0.501. The summed E-state index contributed by atoms with van der Waals surface area (Å²) in [5, 5.41) is 3.27. The molecule has 0 saturated carbocycles. The highest BCUT2D eigenvalue weighted by atomic mass is 16.5. The third kappa shape index (κ3) is 3.28. The molecule has 2 heteroatoms. The van der Waals surface area contributed by atoms with Crippen molar-refractivity contribution in [2.75, 3.05) is 20.2 Å². The van der Waals surface area contributed by atoms with Gasteiger partial charge in [0, 0.05) is 13.2 Å². The van der Waals surface area contributed by atoms with Crippen molar-refractivity contribution in [3.05, 3.63) is 0 Å². The van der Waals surface area contributed by atoms with Gasteiger partial charge in [0.1, 0.15) is 0 Å². The molecular weight excluding hydrogens is 162 g/mol. The van der Waals surface area contributed by atoms with Crippen molar-refractivity contribution in [3.63, 3.8) is 0 Å². The van der Waals surface area contributed by atoms with Gasteiger partial charge < -0.3 is 10.1 Å². The molecule has 1 aliphatic rings. The van der Waals surface area contributed by atoms with Crippen molar-refractivity contribution in [2.45, 2.75) is 39.2 Å². The highest BCUT2D eigenvalue weighted by Gasteiger charge is 2.26. The Morgan fingerprint density at radius 1 is 1.38 bits per heavy atom. The first-order valence-corrected chi connectivity index (χ1v) is 5.52. The number of hydrogen-bond donors (Lipinski definition) is 1. The van der Waals surface area contributed by atoms with E-state index in [0.717, 1.165) is 19.1 Å². The van der Waals surface area contributed by atoms with Crippen molar-refractivity contribution in [1.29, 1.82) is 0 Å². The second-order valence-electron chi connectivity index (χ2n) is 4.37. The van der Waals surface area contributed by atoms with Crippen LogP contribution in [0.5, 0.6) is 0 Å². The van der Waals surface area contributed by atoms with E-state index in [0.29, 0.717) is 12.0 Å². The Bertz CT molecular complexity index is 130. The summed E-state index contributed by atoms with van der Waals surface area (Å²) in [7, 11) is 2.03. The molecule has 0 aliphatic carbocycles. The molecule has 1 aliphatic heterocycles. The zero-order valence-electron chi connectivity index (χ0n) is 9.18. The smallest absolute Gasteiger partial charge is 0.0617 e. The van der Waals surface area contributed by atoms with Crippen LogP contribution in [0.15, 0.2) is 0 Å². The summed E-state index contributed by atoms with van der Waals surface area (Å²) in [5.41, 5.74) is 0. The third-order valence-corrected chi connectivity index (χ3v) is 2.99. The first-order chi connectivity index (χ1) is 6.25. The van der Waals surface area contributed by atoms with E-state index in [1.807, 2.05) is 7.05 Å². The highest BCUT2D eigenvalue weighted by Crippen LogP contribution is 2.25. The maximum Gasteiger partial charge on any atom is 0.0617 e. The summed E-state index contributed by atoms with van der Waals surface area (Å²) in [5.74, 6) is 1.40. The molecule has 78 valence electrons. The summed E-state index contributed by atoms with van der Waals surface area (Å²) in [6.07, 6.45) is 4.35. The Labute approximate surface area is 82.0 Å². The van der Waals surface area contributed by atoms with Gasteiger partial charge >= 0.3 is 0 Å². The second-order valence-corrected chi connectivity index (χ2v) is 4.37. The molecule has 1 saturated heterocycles. The van der Waals surface area contributed by atoms with Crippen molar-refractivity contribution in [1.82, 2.24) is 5.32 Å². The van der Waals surface area contributed by atoms with Crippen molar-refractivity contribution >= 4 is 0 Å². The van der Waals surface area contributed by atoms with Gasteiger partial charge in [0.15, 0.2) is 0 Å². The van der Waals surface area contributed by atoms with Crippen LogP contribution in [0.25, 0.3) is 0 Å². The lowest BCUT2D eigenvalue weighted by atomic mass is 9.86. The topological polar surface area (TPSA) is 21.3 Å². The van der Waals surface area contributed by atoms with Gasteiger partial charge in [-0.15, -0.1) is 0 Å². The van der Waals surface area contributed by atoms with E-state index in [1.54, 1.807) is 0 Å². The molecule has 0 radical (unpaired) electrons. The Morgan fingerprint density at radius 3 is 2.62 bits per heavy atom. The molecule has 0 aromatic carbocycles. The lowest BCUT2D eigenvalue weighted by Crippen LogP contribution is -2.37. The molecule has 1 heterocycles. The zero-order valence-corrected chi connectivity index (χ0v) is 9.18. The lowest BCUT2D eigenvalue weighted by Gasteiger charge is -2.32. The van der Waals surface area contributed by atoms with Crippen LogP contribution in [0.4, 0.5) is 0 Å². The molecule has 1 N–H and O–H groups in total. The van der Waals surface area contributed by atoms with E-state index in [9.17, 15) is 0 Å². The highest BCUT2D eigenvalue weighted by molar-refractivity contribution is 4.77. The van der Waals surface area contributed by atoms with Crippen LogP contribution in [0, 0.1) is 11.8 Å². The lowest BCUT2D eigenvalue weighted by molar-refractivity contribution is -0.0324. The summed E-state index contributed by atoms with van der Waals surface area (Å²) >= 11 is 0. The minimum atomic E-state index is 0.501. The van der Waals surface area contributed by atoms with E-state index >= 15 is 0 Å². The van der Waals surface area contributed by atoms with Gasteiger partial charge in [-0.25, -0.2) is 0 Å². The summed E-state index contributed by atoms with van der Waals surface area (Å²) in [6, 6.07) is 0. The Kier molecular flexibility index (Phi) is 4.74. The third-order valence-electron chi connectivity index (χ3n) is 2.99. The van der Waals surface area contributed by atoms with E-state index < -0.39 is 0 Å². The summed E-state index contributed by atoms with van der Waals surface area (Å²) in [6.45, 7) is 6.64. The number of hydrogen-bond acceptors (Lipinski definition) is 2. The number of nitrogens with one attached hydrogen (secondary N) is 1. The predicted molar refractivity (Wildman–Crippen MR) is 55.8 cm³/mol. The fourth-order valence-electron chi connectivity index (χ4n) is 2.14. The van der Waals surface area contributed by atoms with Gasteiger partial charge in [-0.05, 0) is 38.1 Å². The molecule has 1 rings (SSSR count). The fraction of sp³-hybridized carbons (Fsp3) is 1.00. The molecule has 0 amide bonds. The second kappa shape index (κ2) is 5.61. The molecule has 2 atom stereocenters. The van der Waals surface area contributed by atoms with E-state index in [2.05, 4.69) is 19.2 Å². The van der Waals surface area contributed by atoms with E-state index in [4.69, 9.17) is 4.74 Å². The molecular formula is C11H23NO. The molecule has 0 bridgehead atoms. The van der Waals surface area contributed by atoms with Gasteiger partial charge in [0.25, 0.3) is 0 Å². The Hall–Kier alpha value is -0.0800. The van der Waals surface area contributed by atoms with Crippen LogP contribution in [-0.4, -0.2) is 26.3 Å². The quantitative estimate of drug-likeness (QED) is 0.723. The van der Waals surface area contributed by atoms with Crippen LogP contribution < -0.4 is 5.32 Å². The molecule has 2 unspecified atom stereocenters. The SMILES string of the molecule is CNCC(C(C)C)C1CCCCO1. The molecule has 2 nitrogen and oxygen atoms in total. The van der Waals surface area contributed by atoms with E-state index in [-0.39, 0.29) is 0 Å². The Balaban J connectivity index is 2.41. The first kappa shape index (κ1) is 11.0.